The van der Waals surface area contributed by atoms with E-state index in [2.05, 4.69) is 5.32 Å². The Hall–Kier alpha value is -2.09. The van der Waals surface area contributed by atoms with Crippen molar-refractivity contribution in [2.24, 2.45) is 0 Å². The minimum Gasteiger partial charge on any atom is -0.485 e. The van der Waals surface area contributed by atoms with Gasteiger partial charge in [-0.15, -0.1) is 0 Å². The summed E-state index contributed by atoms with van der Waals surface area (Å²) in [6.07, 6.45) is -2.88. The zero-order chi connectivity index (χ0) is 16.7. The highest BCUT2D eigenvalue weighted by Crippen LogP contribution is 2.28. The SMILES string of the molecule is CN(CCC(=O)O)C(=O)Nc1ccc(Cl)cc1OCC(F)F. The van der Waals surface area contributed by atoms with Gasteiger partial charge in [-0.25, -0.2) is 13.6 Å². The van der Waals surface area contributed by atoms with Crippen LogP contribution in [0.1, 0.15) is 6.42 Å². The number of carbonyl (C=O) groups excluding carboxylic acids is 1. The molecule has 6 nitrogen and oxygen atoms in total. The second-order valence-electron chi connectivity index (χ2n) is 4.34. The summed E-state index contributed by atoms with van der Waals surface area (Å²) in [7, 11) is 1.41. The van der Waals surface area contributed by atoms with Gasteiger partial charge in [-0.3, -0.25) is 4.79 Å². The molecule has 122 valence electrons. The number of ether oxygens (including phenoxy) is 1. The maximum atomic E-state index is 12.2. The van der Waals surface area contributed by atoms with Gasteiger partial charge >= 0.3 is 12.0 Å². The standard InChI is InChI=1S/C13H15ClF2N2O4/c1-18(5-4-12(19)20)13(21)17-9-3-2-8(14)6-10(9)22-7-11(15)16/h2-3,6,11H,4-5,7H2,1H3,(H,17,21)(H,19,20). The fourth-order valence-corrected chi connectivity index (χ4v) is 1.61. The molecule has 0 fully saturated rings. The predicted octanol–water partition coefficient (Wildman–Crippen LogP) is 2.92. The van der Waals surface area contributed by atoms with Crippen molar-refractivity contribution >= 4 is 29.3 Å². The number of carboxylic acid groups (broad SMARTS) is 1. The van der Waals surface area contributed by atoms with Gasteiger partial charge < -0.3 is 20.1 Å². The quantitative estimate of drug-likeness (QED) is 0.802. The highest BCUT2D eigenvalue weighted by molar-refractivity contribution is 6.30. The number of nitrogens with one attached hydrogen (secondary N) is 1. The molecule has 0 aliphatic rings. The molecule has 0 radical (unpaired) electrons. The van der Waals surface area contributed by atoms with E-state index >= 15 is 0 Å². The van der Waals surface area contributed by atoms with E-state index in [1.165, 1.54) is 25.2 Å². The number of halogens is 3. The largest absolute Gasteiger partial charge is 0.485 e. The number of benzene rings is 1. The Morgan fingerprint density at radius 2 is 2.14 bits per heavy atom. The van der Waals surface area contributed by atoms with Crippen LogP contribution in [0.15, 0.2) is 18.2 Å². The number of amides is 2. The first-order valence-corrected chi connectivity index (χ1v) is 6.61. The minimum absolute atomic E-state index is 0.00197. The zero-order valence-corrected chi connectivity index (χ0v) is 12.4. The molecule has 0 spiro atoms. The number of carbonyl (C=O) groups is 2. The smallest absolute Gasteiger partial charge is 0.321 e. The third-order valence-corrected chi connectivity index (χ3v) is 2.79. The maximum absolute atomic E-state index is 12.2. The predicted molar refractivity (Wildman–Crippen MR) is 76.9 cm³/mol. The first-order valence-electron chi connectivity index (χ1n) is 6.24. The van der Waals surface area contributed by atoms with Crippen LogP contribution in [0.5, 0.6) is 5.75 Å². The maximum Gasteiger partial charge on any atom is 0.321 e. The highest BCUT2D eigenvalue weighted by atomic mass is 35.5. The summed E-state index contributed by atoms with van der Waals surface area (Å²) in [4.78, 5) is 23.5. The number of hydrogen-bond acceptors (Lipinski definition) is 3. The number of alkyl halides is 2. The van der Waals surface area contributed by atoms with Gasteiger partial charge in [0.1, 0.15) is 12.4 Å². The normalized spacial score (nSPS) is 10.4. The van der Waals surface area contributed by atoms with Crippen LogP contribution in [0, 0.1) is 0 Å². The second-order valence-corrected chi connectivity index (χ2v) is 4.77. The van der Waals surface area contributed by atoms with Crippen LogP contribution in [0.3, 0.4) is 0 Å². The first kappa shape index (κ1) is 18.0. The number of urea groups is 1. The lowest BCUT2D eigenvalue weighted by atomic mass is 10.3. The van der Waals surface area contributed by atoms with E-state index in [9.17, 15) is 18.4 Å². The summed E-state index contributed by atoms with van der Waals surface area (Å²) in [5.74, 6) is -1.03. The number of anilines is 1. The third-order valence-electron chi connectivity index (χ3n) is 2.56. The van der Waals surface area contributed by atoms with E-state index in [0.717, 1.165) is 4.90 Å². The Morgan fingerprint density at radius 3 is 2.73 bits per heavy atom. The fourth-order valence-electron chi connectivity index (χ4n) is 1.45. The molecule has 0 bridgehead atoms. The number of aliphatic carboxylic acids is 1. The lowest BCUT2D eigenvalue weighted by molar-refractivity contribution is -0.137. The average molecular weight is 337 g/mol. The van der Waals surface area contributed by atoms with Gasteiger partial charge in [0, 0.05) is 24.7 Å². The van der Waals surface area contributed by atoms with E-state index in [1.807, 2.05) is 0 Å². The summed E-state index contributed by atoms with van der Waals surface area (Å²) >= 11 is 5.76. The van der Waals surface area contributed by atoms with Crippen LogP contribution < -0.4 is 10.1 Å². The van der Waals surface area contributed by atoms with Crippen molar-refractivity contribution in [3.63, 3.8) is 0 Å². The second kappa shape index (κ2) is 8.38. The van der Waals surface area contributed by atoms with Crippen molar-refractivity contribution < 1.29 is 28.2 Å². The molecule has 0 heterocycles. The molecular formula is C13H15ClF2N2O4. The van der Waals surface area contributed by atoms with Gasteiger partial charge in [-0.05, 0) is 12.1 Å². The Bertz CT molecular complexity index is 543. The summed E-state index contributed by atoms with van der Waals surface area (Å²) in [6.45, 7) is -0.833. The molecule has 2 N–H and O–H groups in total. The lowest BCUT2D eigenvalue weighted by Crippen LogP contribution is -2.33. The Labute approximate surface area is 130 Å². The van der Waals surface area contributed by atoms with E-state index in [4.69, 9.17) is 21.4 Å². The first-order chi connectivity index (χ1) is 10.3. The van der Waals surface area contributed by atoms with Gasteiger partial charge in [0.2, 0.25) is 0 Å². The number of hydrogen-bond donors (Lipinski definition) is 2. The molecule has 0 saturated heterocycles. The van der Waals surface area contributed by atoms with E-state index in [1.54, 1.807) is 0 Å². The summed E-state index contributed by atoms with van der Waals surface area (Å²) in [5.41, 5.74) is 0.164. The van der Waals surface area contributed by atoms with Crippen LogP contribution in [0.2, 0.25) is 5.02 Å². The van der Waals surface area contributed by atoms with Crippen molar-refractivity contribution in [1.82, 2.24) is 4.90 Å². The fraction of sp³-hybridized carbons (Fsp3) is 0.385. The molecule has 1 rings (SSSR count). The van der Waals surface area contributed by atoms with E-state index in [-0.39, 0.29) is 29.4 Å². The van der Waals surface area contributed by atoms with Crippen molar-refractivity contribution in [3.05, 3.63) is 23.2 Å². The van der Waals surface area contributed by atoms with Crippen LogP contribution in [-0.4, -0.2) is 48.6 Å². The van der Waals surface area contributed by atoms with Gasteiger partial charge in [-0.1, -0.05) is 11.6 Å². The van der Waals surface area contributed by atoms with Crippen molar-refractivity contribution in [2.45, 2.75) is 12.8 Å². The van der Waals surface area contributed by atoms with Crippen LogP contribution in [0.25, 0.3) is 0 Å². The molecule has 9 heteroatoms. The molecule has 0 atom stereocenters. The summed E-state index contributed by atoms with van der Waals surface area (Å²) in [5, 5.41) is 11.3. The van der Waals surface area contributed by atoms with Gasteiger partial charge in [0.25, 0.3) is 6.43 Å². The van der Waals surface area contributed by atoms with E-state index < -0.39 is 25.0 Å². The molecule has 0 unspecified atom stereocenters. The van der Waals surface area contributed by atoms with Gasteiger partial charge in [0.05, 0.1) is 12.1 Å². The van der Waals surface area contributed by atoms with Gasteiger partial charge in [-0.2, -0.15) is 0 Å². The highest BCUT2D eigenvalue weighted by Gasteiger charge is 2.14. The molecule has 0 saturated carbocycles. The minimum atomic E-state index is -2.67. The molecule has 1 aromatic rings. The molecule has 0 aromatic heterocycles. The Kier molecular flexibility index (Phi) is 6.84. The van der Waals surface area contributed by atoms with Gasteiger partial charge in [0.15, 0.2) is 0 Å². The summed E-state index contributed by atoms with van der Waals surface area (Å²) in [6, 6.07) is 3.58. The molecular weight excluding hydrogens is 322 g/mol. The molecule has 0 aliphatic heterocycles. The average Bonchev–Trinajstić information content (AvgIpc) is 2.44. The zero-order valence-electron chi connectivity index (χ0n) is 11.7. The number of nitrogens with zero attached hydrogens (tertiary/aromatic N) is 1. The van der Waals surface area contributed by atoms with Crippen LogP contribution >= 0.6 is 11.6 Å². The van der Waals surface area contributed by atoms with Crippen molar-refractivity contribution in [1.29, 1.82) is 0 Å². The third kappa shape index (κ3) is 6.13. The molecule has 0 aliphatic carbocycles. The Morgan fingerprint density at radius 1 is 1.45 bits per heavy atom. The summed E-state index contributed by atoms with van der Waals surface area (Å²) < 4.78 is 29.3. The molecule has 2 amide bonds. The number of carboxylic acids is 1. The van der Waals surface area contributed by atoms with E-state index in [0.29, 0.717) is 0 Å². The lowest BCUT2D eigenvalue weighted by Gasteiger charge is -2.18. The monoisotopic (exact) mass is 336 g/mol. The number of rotatable bonds is 7. The topological polar surface area (TPSA) is 78.9 Å². The van der Waals surface area contributed by atoms with Crippen LogP contribution in [-0.2, 0) is 4.79 Å². The van der Waals surface area contributed by atoms with Crippen LogP contribution in [0.4, 0.5) is 19.3 Å². The van der Waals surface area contributed by atoms with Crippen molar-refractivity contribution in [2.75, 3.05) is 25.5 Å². The molecule has 1 aromatic carbocycles. The Balaban J connectivity index is 2.74. The molecule has 22 heavy (non-hydrogen) atoms. The van der Waals surface area contributed by atoms with Crippen molar-refractivity contribution in [3.8, 4) is 5.75 Å².